The van der Waals surface area contributed by atoms with Crippen LogP contribution in [0.2, 0.25) is 5.02 Å². The maximum atomic E-state index is 14.0. The number of carbonyl (C=O) groups is 1. The molecule has 5 nitrogen and oxygen atoms in total. The Labute approximate surface area is 175 Å². The molecule has 0 unspecified atom stereocenters. The molecule has 152 valence electrons. The molecular weight excluding hydrogens is 420 g/mol. The van der Waals surface area contributed by atoms with Crippen LogP contribution in [-0.4, -0.2) is 20.6 Å². The molecule has 2 N–H and O–H groups in total. The van der Waals surface area contributed by atoms with Crippen molar-refractivity contribution >= 4 is 29.3 Å². The third kappa shape index (κ3) is 5.56. The first kappa shape index (κ1) is 21.3. The number of hydrogen-bond acceptors (Lipinski definition) is 4. The number of nitrogens with zero attached hydrogens (tertiary/aromatic N) is 2. The summed E-state index contributed by atoms with van der Waals surface area (Å²) in [5, 5.41) is 13.1. The predicted molar refractivity (Wildman–Crippen MR) is 107 cm³/mol. The molecule has 0 aliphatic carbocycles. The zero-order valence-electron chi connectivity index (χ0n) is 15.2. The quantitative estimate of drug-likeness (QED) is 0.524. The summed E-state index contributed by atoms with van der Waals surface area (Å²) < 4.78 is 28.5. The van der Waals surface area contributed by atoms with Gasteiger partial charge in [0.2, 0.25) is 5.91 Å². The third-order valence-corrected chi connectivity index (χ3v) is 5.55. The minimum atomic E-state index is -0.414. The van der Waals surface area contributed by atoms with E-state index < -0.39 is 5.82 Å². The number of rotatable bonds is 8. The predicted octanol–water partition coefficient (Wildman–Crippen LogP) is 3.92. The second-order valence-corrected chi connectivity index (χ2v) is 7.52. The maximum Gasteiger partial charge on any atom is 0.240 e. The Hall–Kier alpha value is -2.42. The van der Waals surface area contributed by atoms with E-state index in [9.17, 15) is 18.7 Å². The van der Waals surface area contributed by atoms with Gasteiger partial charge in [-0.05, 0) is 29.8 Å². The summed E-state index contributed by atoms with van der Waals surface area (Å²) >= 11 is 7.27. The van der Waals surface area contributed by atoms with E-state index in [1.54, 1.807) is 22.8 Å². The van der Waals surface area contributed by atoms with Gasteiger partial charge in [-0.25, -0.2) is 13.8 Å². The molecule has 0 spiro atoms. The summed E-state index contributed by atoms with van der Waals surface area (Å²) in [5.41, 5.74) is 1.57. The number of aliphatic hydroxyl groups is 1. The summed E-state index contributed by atoms with van der Waals surface area (Å²) in [5.74, 6) is -0.831. The fourth-order valence-electron chi connectivity index (χ4n) is 2.61. The maximum absolute atomic E-state index is 14.0. The van der Waals surface area contributed by atoms with Crippen LogP contribution < -0.4 is 5.32 Å². The van der Waals surface area contributed by atoms with Gasteiger partial charge >= 0.3 is 0 Å². The van der Waals surface area contributed by atoms with Crippen LogP contribution in [0.5, 0.6) is 0 Å². The molecule has 0 saturated carbocycles. The average Bonchev–Trinajstić information content (AvgIpc) is 3.08. The molecule has 2 aromatic carbocycles. The molecular formula is C20H18ClF2N3O2S. The van der Waals surface area contributed by atoms with Crippen molar-refractivity contribution in [1.82, 2.24) is 14.9 Å². The molecule has 0 fully saturated rings. The van der Waals surface area contributed by atoms with Crippen molar-refractivity contribution in [3.05, 3.63) is 82.1 Å². The van der Waals surface area contributed by atoms with E-state index in [-0.39, 0.29) is 37.2 Å². The smallest absolute Gasteiger partial charge is 0.240 e. The number of aliphatic hydroxyl groups excluding tert-OH is 1. The molecule has 1 heterocycles. The van der Waals surface area contributed by atoms with Crippen LogP contribution in [0.15, 0.2) is 53.8 Å². The van der Waals surface area contributed by atoms with E-state index in [4.69, 9.17) is 11.6 Å². The SMILES string of the molecule is O=C(Cn1c(CO)cnc1SCc1c(F)cccc1Cl)NCc1ccc(F)cc1. The van der Waals surface area contributed by atoms with Crippen LogP contribution in [-0.2, 0) is 30.2 Å². The Morgan fingerprint density at radius 1 is 1.21 bits per heavy atom. The molecule has 0 saturated heterocycles. The number of hydrogen-bond donors (Lipinski definition) is 2. The van der Waals surface area contributed by atoms with Gasteiger partial charge in [0.15, 0.2) is 5.16 Å². The van der Waals surface area contributed by atoms with Crippen LogP contribution in [0.25, 0.3) is 0 Å². The van der Waals surface area contributed by atoms with Crippen LogP contribution in [0.4, 0.5) is 8.78 Å². The molecule has 29 heavy (non-hydrogen) atoms. The Kier molecular flexibility index (Phi) is 7.24. The highest BCUT2D eigenvalue weighted by Gasteiger charge is 2.15. The average molecular weight is 438 g/mol. The Morgan fingerprint density at radius 2 is 1.97 bits per heavy atom. The van der Waals surface area contributed by atoms with Gasteiger partial charge < -0.3 is 15.0 Å². The number of amides is 1. The molecule has 9 heteroatoms. The molecule has 0 bridgehead atoms. The largest absolute Gasteiger partial charge is 0.390 e. The van der Waals surface area contributed by atoms with Crippen molar-refractivity contribution in [2.24, 2.45) is 0 Å². The number of imidazole rings is 1. The Balaban J connectivity index is 1.66. The molecule has 3 aromatic rings. The van der Waals surface area contributed by atoms with E-state index in [2.05, 4.69) is 10.3 Å². The third-order valence-electron chi connectivity index (χ3n) is 4.18. The number of nitrogens with one attached hydrogen (secondary N) is 1. The van der Waals surface area contributed by atoms with Gasteiger partial charge in [-0.3, -0.25) is 4.79 Å². The van der Waals surface area contributed by atoms with Gasteiger partial charge in [-0.2, -0.15) is 0 Å². The lowest BCUT2D eigenvalue weighted by atomic mass is 10.2. The lowest BCUT2D eigenvalue weighted by Crippen LogP contribution is -2.28. The molecule has 0 aliphatic heterocycles. The van der Waals surface area contributed by atoms with E-state index in [0.29, 0.717) is 21.4 Å². The minimum absolute atomic E-state index is 0.0651. The number of aromatic nitrogens is 2. The lowest BCUT2D eigenvalue weighted by Gasteiger charge is -2.12. The first-order valence-corrected chi connectivity index (χ1v) is 10.1. The lowest BCUT2D eigenvalue weighted by molar-refractivity contribution is -0.122. The van der Waals surface area contributed by atoms with E-state index in [1.807, 2.05) is 0 Å². The van der Waals surface area contributed by atoms with Crippen molar-refractivity contribution in [3.63, 3.8) is 0 Å². The van der Waals surface area contributed by atoms with Crippen molar-refractivity contribution in [3.8, 4) is 0 Å². The molecule has 0 atom stereocenters. The molecule has 1 aromatic heterocycles. The van der Waals surface area contributed by atoms with Crippen LogP contribution in [0.1, 0.15) is 16.8 Å². The first-order chi connectivity index (χ1) is 14.0. The number of benzene rings is 2. The Bertz CT molecular complexity index is 976. The molecule has 3 rings (SSSR count). The van der Waals surface area contributed by atoms with Crippen LogP contribution in [0, 0.1) is 11.6 Å². The van der Waals surface area contributed by atoms with E-state index in [0.717, 1.165) is 5.56 Å². The van der Waals surface area contributed by atoms with Crippen molar-refractivity contribution in [2.75, 3.05) is 0 Å². The highest BCUT2D eigenvalue weighted by atomic mass is 35.5. The van der Waals surface area contributed by atoms with Gasteiger partial charge in [0, 0.05) is 22.9 Å². The summed E-state index contributed by atoms with van der Waals surface area (Å²) in [7, 11) is 0. The van der Waals surface area contributed by atoms with Gasteiger partial charge in [-0.1, -0.05) is 41.6 Å². The van der Waals surface area contributed by atoms with Gasteiger partial charge in [0.05, 0.1) is 18.5 Å². The normalized spacial score (nSPS) is 10.9. The zero-order chi connectivity index (χ0) is 20.8. The highest BCUT2D eigenvalue weighted by Crippen LogP contribution is 2.28. The summed E-state index contributed by atoms with van der Waals surface area (Å²) in [6, 6.07) is 10.3. The van der Waals surface area contributed by atoms with Crippen LogP contribution >= 0.6 is 23.4 Å². The summed E-state index contributed by atoms with van der Waals surface area (Å²) in [6.07, 6.45) is 1.47. The van der Waals surface area contributed by atoms with Crippen LogP contribution in [0.3, 0.4) is 0 Å². The standard InChI is InChI=1S/C20H18ClF2N3O2S/c21-17-2-1-3-18(23)16(17)12-29-20-25-9-15(11-27)26(20)10-19(28)24-8-13-4-6-14(22)7-5-13/h1-7,9,27H,8,10-12H2,(H,24,28). The molecule has 0 aliphatic rings. The van der Waals surface area contributed by atoms with Gasteiger partial charge in [0.25, 0.3) is 0 Å². The van der Waals surface area contributed by atoms with Gasteiger partial charge in [-0.15, -0.1) is 0 Å². The fraction of sp³-hybridized carbons (Fsp3) is 0.200. The van der Waals surface area contributed by atoms with Crippen molar-refractivity contribution in [2.45, 2.75) is 30.6 Å². The van der Waals surface area contributed by atoms with E-state index >= 15 is 0 Å². The second kappa shape index (κ2) is 9.87. The second-order valence-electron chi connectivity index (χ2n) is 6.17. The van der Waals surface area contributed by atoms with Crippen molar-refractivity contribution < 1.29 is 18.7 Å². The number of halogens is 3. The fourth-order valence-corrected chi connectivity index (χ4v) is 3.95. The monoisotopic (exact) mass is 437 g/mol. The van der Waals surface area contributed by atoms with E-state index in [1.165, 1.54) is 42.2 Å². The minimum Gasteiger partial charge on any atom is -0.390 e. The molecule has 0 radical (unpaired) electrons. The number of thioether (sulfide) groups is 1. The first-order valence-electron chi connectivity index (χ1n) is 8.70. The van der Waals surface area contributed by atoms with Crippen molar-refractivity contribution in [1.29, 1.82) is 0 Å². The zero-order valence-corrected chi connectivity index (χ0v) is 16.8. The molecule has 1 amide bonds. The number of carbonyl (C=O) groups excluding carboxylic acids is 1. The topological polar surface area (TPSA) is 67.2 Å². The highest BCUT2D eigenvalue weighted by molar-refractivity contribution is 7.98. The summed E-state index contributed by atoms with van der Waals surface area (Å²) in [4.78, 5) is 16.6. The van der Waals surface area contributed by atoms with Gasteiger partial charge in [0.1, 0.15) is 18.2 Å². The summed E-state index contributed by atoms with van der Waals surface area (Å²) in [6.45, 7) is -0.112. The Morgan fingerprint density at radius 3 is 2.66 bits per heavy atom.